The first kappa shape index (κ1) is 14.3. The smallest absolute Gasteiger partial charge is 0.251 e. The summed E-state index contributed by atoms with van der Waals surface area (Å²) in [4.78, 5) is 23.4. The molecule has 0 bridgehead atoms. The van der Waals surface area contributed by atoms with Gasteiger partial charge < -0.3 is 21.1 Å². The van der Waals surface area contributed by atoms with Crippen molar-refractivity contribution in [1.82, 2.24) is 10.6 Å². The summed E-state index contributed by atoms with van der Waals surface area (Å²) in [6.45, 7) is 3.88. The molecule has 1 aromatic carbocycles. The Labute approximate surface area is 117 Å². The van der Waals surface area contributed by atoms with Gasteiger partial charge in [0.15, 0.2) is 0 Å². The van der Waals surface area contributed by atoms with Crippen LogP contribution in [0.2, 0.25) is 0 Å². The van der Waals surface area contributed by atoms with Gasteiger partial charge in [-0.05, 0) is 24.3 Å². The summed E-state index contributed by atoms with van der Waals surface area (Å²) < 4.78 is 5.10. The van der Waals surface area contributed by atoms with Crippen molar-refractivity contribution in [1.29, 1.82) is 0 Å². The van der Waals surface area contributed by atoms with E-state index in [-0.39, 0.29) is 23.8 Å². The predicted molar refractivity (Wildman–Crippen MR) is 75.1 cm³/mol. The molecule has 1 aliphatic rings. The standard InChI is InChI=1S/C14H19N3O3/c1-14(8-20-9-14)7-17-12(18)6-16-13(19)10-2-4-11(15)5-3-10/h2-5H,6-9,15H2,1H3,(H,16,19)(H,17,18). The molecular formula is C14H19N3O3. The fraction of sp³-hybridized carbons (Fsp3) is 0.429. The first-order chi connectivity index (χ1) is 9.48. The molecule has 6 nitrogen and oxygen atoms in total. The molecule has 20 heavy (non-hydrogen) atoms. The highest BCUT2D eigenvalue weighted by atomic mass is 16.5. The first-order valence-electron chi connectivity index (χ1n) is 6.47. The van der Waals surface area contributed by atoms with Gasteiger partial charge in [0.2, 0.25) is 5.91 Å². The summed E-state index contributed by atoms with van der Waals surface area (Å²) in [5.74, 6) is -0.500. The van der Waals surface area contributed by atoms with E-state index in [9.17, 15) is 9.59 Å². The van der Waals surface area contributed by atoms with E-state index in [1.165, 1.54) is 0 Å². The molecule has 1 saturated heterocycles. The molecule has 1 fully saturated rings. The molecule has 108 valence electrons. The Morgan fingerprint density at radius 2 is 1.90 bits per heavy atom. The lowest BCUT2D eigenvalue weighted by atomic mass is 9.89. The summed E-state index contributed by atoms with van der Waals surface area (Å²) in [6, 6.07) is 6.53. The largest absolute Gasteiger partial charge is 0.399 e. The van der Waals surface area contributed by atoms with E-state index in [0.717, 1.165) is 0 Å². The Bertz CT molecular complexity index is 495. The molecule has 1 aromatic rings. The zero-order chi connectivity index (χ0) is 14.6. The quantitative estimate of drug-likeness (QED) is 0.668. The van der Waals surface area contributed by atoms with Crippen molar-refractivity contribution < 1.29 is 14.3 Å². The lowest BCUT2D eigenvalue weighted by Gasteiger charge is -2.38. The second kappa shape index (κ2) is 5.92. The van der Waals surface area contributed by atoms with Gasteiger partial charge in [0.1, 0.15) is 0 Å². The zero-order valence-electron chi connectivity index (χ0n) is 11.4. The van der Waals surface area contributed by atoms with Crippen molar-refractivity contribution in [2.24, 2.45) is 5.41 Å². The predicted octanol–water partition coefficient (Wildman–Crippen LogP) is 0.151. The Morgan fingerprint density at radius 1 is 1.25 bits per heavy atom. The summed E-state index contributed by atoms with van der Waals surface area (Å²) >= 11 is 0. The third kappa shape index (κ3) is 3.71. The molecule has 0 aliphatic carbocycles. The van der Waals surface area contributed by atoms with Crippen LogP contribution in [0.5, 0.6) is 0 Å². The summed E-state index contributed by atoms with van der Waals surface area (Å²) in [7, 11) is 0. The van der Waals surface area contributed by atoms with E-state index >= 15 is 0 Å². The van der Waals surface area contributed by atoms with E-state index in [1.54, 1.807) is 24.3 Å². The lowest BCUT2D eigenvalue weighted by Crippen LogP contribution is -2.50. The van der Waals surface area contributed by atoms with Crippen LogP contribution in [0.3, 0.4) is 0 Å². The molecule has 0 saturated carbocycles. The van der Waals surface area contributed by atoms with Crippen molar-refractivity contribution in [2.75, 3.05) is 32.0 Å². The van der Waals surface area contributed by atoms with Crippen LogP contribution in [0.25, 0.3) is 0 Å². The number of nitrogens with one attached hydrogen (secondary N) is 2. The minimum Gasteiger partial charge on any atom is -0.399 e. The number of nitrogens with two attached hydrogens (primary N) is 1. The molecule has 0 aromatic heterocycles. The average molecular weight is 277 g/mol. The highest BCUT2D eigenvalue weighted by Crippen LogP contribution is 2.24. The third-order valence-corrected chi connectivity index (χ3v) is 3.20. The van der Waals surface area contributed by atoms with Gasteiger partial charge in [0.05, 0.1) is 19.8 Å². The minimum atomic E-state index is -0.293. The maximum Gasteiger partial charge on any atom is 0.251 e. The third-order valence-electron chi connectivity index (χ3n) is 3.20. The maximum atomic E-state index is 11.8. The molecule has 0 spiro atoms. The van der Waals surface area contributed by atoms with E-state index in [0.29, 0.717) is 31.0 Å². The molecule has 0 radical (unpaired) electrons. The second-order valence-electron chi connectivity index (χ2n) is 5.38. The molecule has 4 N–H and O–H groups in total. The fourth-order valence-corrected chi connectivity index (χ4v) is 1.82. The number of benzene rings is 1. The number of carbonyl (C=O) groups is 2. The number of amides is 2. The van der Waals surface area contributed by atoms with Gasteiger partial charge >= 0.3 is 0 Å². The number of ether oxygens (including phenoxy) is 1. The molecule has 0 unspecified atom stereocenters. The number of rotatable bonds is 5. The van der Waals surface area contributed by atoms with Crippen LogP contribution < -0.4 is 16.4 Å². The van der Waals surface area contributed by atoms with Crippen molar-refractivity contribution in [2.45, 2.75) is 6.92 Å². The van der Waals surface area contributed by atoms with Crippen molar-refractivity contribution >= 4 is 17.5 Å². The molecule has 2 amide bonds. The monoisotopic (exact) mass is 277 g/mol. The Morgan fingerprint density at radius 3 is 2.45 bits per heavy atom. The van der Waals surface area contributed by atoms with E-state index < -0.39 is 0 Å². The zero-order valence-corrected chi connectivity index (χ0v) is 11.4. The van der Waals surface area contributed by atoms with Crippen LogP contribution in [0.1, 0.15) is 17.3 Å². The average Bonchev–Trinajstić information content (AvgIpc) is 2.41. The van der Waals surface area contributed by atoms with Crippen molar-refractivity contribution in [3.05, 3.63) is 29.8 Å². The molecule has 0 atom stereocenters. The van der Waals surface area contributed by atoms with E-state index in [4.69, 9.17) is 10.5 Å². The van der Waals surface area contributed by atoms with Crippen LogP contribution in [-0.2, 0) is 9.53 Å². The highest BCUT2D eigenvalue weighted by Gasteiger charge is 2.33. The SMILES string of the molecule is CC1(CNC(=O)CNC(=O)c2ccc(N)cc2)COC1. The second-order valence-corrected chi connectivity index (χ2v) is 5.38. The van der Waals surface area contributed by atoms with Crippen LogP contribution in [0.15, 0.2) is 24.3 Å². The normalized spacial score (nSPS) is 16.1. The summed E-state index contributed by atoms with van der Waals surface area (Å²) in [6.07, 6.45) is 0. The molecule has 1 aliphatic heterocycles. The van der Waals surface area contributed by atoms with Crippen molar-refractivity contribution in [3.8, 4) is 0 Å². The number of nitrogen functional groups attached to an aromatic ring is 1. The van der Waals surface area contributed by atoms with Gasteiger partial charge in [0.25, 0.3) is 5.91 Å². The van der Waals surface area contributed by atoms with Gasteiger partial charge in [-0.3, -0.25) is 9.59 Å². The Balaban J connectivity index is 1.72. The van der Waals surface area contributed by atoms with E-state index in [2.05, 4.69) is 10.6 Å². The van der Waals surface area contributed by atoms with Gasteiger partial charge in [-0.1, -0.05) is 6.92 Å². The van der Waals surface area contributed by atoms with Gasteiger partial charge in [-0.25, -0.2) is 0 Å². The van der Waals surface area contributed by atoms with Crippen LogP contribution in [-0.4, -0.2) is 38.1 Å². The topological polar surface area (TPSA) is 93.5 Å². The molecular weight excluding hydrogens is 258 g/mol. The minimum absolute atomic E-state index is 0.0244. The number of carbonyl (C=O) groups excluding carboxylic acids is 2. The highest BCUT2D eigenvalue weighted by molar-refractivity contribution is 5.96. The fourth-order valence-electron chi connectivity index (χ4n) is 1.82. The number of hydrogen-bond acceptors (Lipinski definition) is 4. The van der Waals surface area contributed by atoms with Gasteiger partial charge in [0, 0.05) is 23.2 Å². The van der Waals surface area contributed by atoms with Crippen LogP contribution in [0.4, 0.5) is 5.69 Å². The Hall–Kier alpha value is -2.08. The summed E-state index contributed by atoms with van der Waals surface area (Å²) in [5.41, 5.74) is 6.64. The van der Waals surface area contributed by atoms with Crippen LogP contribution in [0, 0.1) is 5.41 Å². The summed E-state index contributed by atoms with van der Waals surface area (Å²) in [5, 5.41) is 5.35. The molecule has 1 heterocycles. The number of anilines is 1. The van der Waals surface area contributed by atoms with Crippen molar-refractivity contribution in [3.63, 3.8) is 0 Å². The first-order valence-corrected chi connectivity index (χ1v) is 6.47. The van der Waals surface area contributed by atoms with E-state index in [1.807, 2.05) is 6.92 Å². The maximum absolute atomic E-state index is 11.8. The molecule has 6 heteroatoms. The van der Waals surface area contributed by atoms with Gasteiger partial charge in [-0.2, -0.15) is 0 Å². The lowest BCUT2D eigenvalue weighted by molar-refractivity contribution is -0.125. The number of hydrogen-bond donors (Lipinski definition) is 3. The van der Waals surface area contributed by atoms with Crippen LogP contribution >= 0.6 is 0 Å². The molecule has 2 rings (SSSR count). The van der Waals surface area contributed by atoms with Gasteiger partial charge in [-0.15, -0.1) is 0 Å². The Kier molecular flexibility index (Phi) is 4.24.